The molecule has 2 heterocycles. The van der Waals surface area contributed by atoms with Gasteiger partial charge in [-0.25, -0.2) is 14.2 Å². The first-order valence-corrected chi connectivity index (χ1v) is 9.78. The molecule has 29 heavy (non-hydrogen) atoms. The highest BCUT2D eigenvalue weighted by atomic mass is 32.1. The van der Waals surface area contributed by atoms with Gasteiger partial charge in [0.2, 0.25) is 0 Å². The molecule has 0 unspecified atom stereocenters. The van der Waals surface area contributed by atoms with Gasteiger partial charge in [-0.1, -0.05) is 42.5 Å². The van der Waals surface area contributed by atoms with Crippen molar-refractivity contribution in [2.24, 2.45) is 0 Å². The van der Waals surface area contributed by atoms with Gasteiger partial charge in [0, 0.05) is 0 Å². The summed E-state index contributed by atoms with van der Waals surface area (Å²) in [6.45, 7) is 2.16. The van der Waals surface area contributed by atoms with Crippen molar-refractivity contribution in [3.05, 3.63) is 98.7 Å². The molecular formula is C22H17FN2O3S. The molecule has 0 atom stereocenters. The highest BCUT2D eigenvalue weighted by molar-refractivity contribution is 7.20. The molecule has 0 N–H and O–H groups in total. The Balaban J connectivity index is 1.61. The molecule has 0 radical (unpaired) electrons. The average molecular weight is 408 g/mol. The van der Waals surface area contributed by atoms with E-state index in [1.165, 1.54) is 23.0 Å². The summed E-state index contributed by atoms with van der Waals surface area (Å²) in [5.41, 5.74) is 1.99. The Morgan fingerprint density at radius 2 is 1.83 bits per heavy atom. The summed E-state index contributed by atoms with van der Waals surface area (Å²) in [5, 5.41) is 0.409. The number of hydrogen-bond donors (Lipinski definition) is 0. The Morgan fingerprint density at radius 1 is 1.10 bits per heavy atom. The van der Waals surface area contributed by atoms with Gasteiger partial charge in [-0.2, -0.15) is 0 Å². The molecule has 0 aliphatic carbocycles. The third kappa shape index (κ3) is 3.95. The average Bonchev–Trinajstić information content (AvgIpc) is 3.08. The molecule has 0 saturated heterocycles. The number of hydrogen-bond acceptors (Lipinski definition) is 5. The number of rotatable bonds is 5. The zero-order valence-electron chi connectivity index (χ0n) is 15.6. The number of ether oxygens (including phenoxy) is 1. The van der Waals surface area contributed by atoms with Gasteiger partial charge in [0.15, 0.2) is 0 Å². The fourth-order valence-corrected chi connectivity index (χ4v) is 4.07. The van der Waals surface area contributed by atoms with Crippen LogP contribution in [0.5, 0.6) is 0 Å². The second kappa shape index (κ2) is 7.97. The number of benzene rings is 2. The third-order valence-corrected chi connectivity index (χ3v) is 5.76. The fraction of sp³-hybridized carbons (Fsp3) is 0.136. The standard InChI is InChI=1S/C22H17FN2O3S/c1-14-18-20(29-19(14)22(27)28-12-16-5-3-2-4-6-16)24-13-25(21(18)26)11-15-7-9-17(23)10-8-15/h2-10,13H,11-12H2,1H3. The zero-order chi connectivity index (χ0) is 20.4. The van der Waals surface area contributed by atoms with E-state index >= 15 is 0 Å². The first-order chi connectivity index (χ1) is 14.0. The topological polar surface area (TPSA) is 61.2 Å². The van der Waals surface area contributed by atoms with E-state index in [0.717, 1.165) is 22.5 Å². The third-order valence-electron chi connectivity index (χ3n) is 4.58. The van der Waals surface area contributed by atoms with Crippen molar-refractivity contribution in [1.29, 1.82) is 0 Å². The molecule has 2 aromatic carbocycles. The summed E-state index contributed by atoms with van der Waals surface area (Å²) in [6, 6.07) is 15.3. The molecule has 0 spiro atoms. The van der Waals surface area contributed by atoms with E-state index < -0.39 is 5.97 Å². The van der Waals surface area contributed by atoms with E-state index in [-0.39, 0.29) is 24.5 Å². The van der Waals surface area contributed by atoms with Gasteiger partial charge in [-0.05, 0) is 35.7 Å². The minimum Gasteiger partial charge on any atom is -0.457 e. The molecular weight excluding hydrogens is 391 g/mol. The van der Waals surface area contributed by atoms with Crippen LogP contribution in [0.4, 0.5) is 4.39 Å². The normalized spacial score (nSPS) is 11.0. The van der Waals surface area contributed by atoms with Gasteiger partial charge in [0.25, 0.3) is 5.56 Å². The van der Waals surface area contributed by atoms with Gasteiger partial charge in [-0.15, -0.1) is 11.3 Å². The highest BCUT2D eigenvalue weighted by Crippen LogP contribution is 2.27. The molecule has 5 nitrogen and oxygen atoms in total. The van der Waals surface area contributed by atoms with Crippen LogP contribution in [0.2, 0.25) is 0 Å². The van der Waals surface area contributed by atoms with Crippen LogP contribution in [0.25, 0.3) is 10.2 Å². The smallest absolute Gasteiger partial charge is 0.349 e. The second-order valence-electron chi connectivity index (χ2n) is 6.60. The first kappa shape index (κ1) is 19.0. The van der Waals surface area contributed by atoms with Crippen LogP contribution in [0.3, 0.4) is 0 Å². The summed E-state index contributed by atoms with van der Waals surface area (Å²) < 4.78 is 19.9. The number of carbonyl (C=O) groups excluding carboxylic acids is 1. The lowest BCUT2D eigenvalue weighted by molar-refractivity contribution is 0.0478. The summed E-state index contributed by atoms with van der Waals surface area (Å²) in [7, 11) is 0. The largest absolute Gasteiger partial charge is 0.457 e. The van der Waals surface area contributed by atoms with Crippen molar-refractivity contribution in [3.63, 3.8) is 0 Å². The second-order valence-corrected chi connectivity index (χ2v) is 7.60. The van der Waals surface area contributed by atoms with E-state index in [0.29, 0.717) is 20.7 Å². The Bertz CT molecular complexity index is 1230. The van der Waals surface area contributed by atoms with Gasteiger partial charge >= 0.3 is 5.97 Å². The number of nitrogens with zero attached hydrogens (tertiary/aromatic N) is 2. The molecule has 4 rings (SSSR count). The molecule has 2 aromatic heterocycles. The molecule has 4 aromatic rings. The SMILES string of the molecule is Cc1c(C(=O)OCc2ccccc2)sc2ncn(Cc3ccc(F)cc3)c(=O)c12. The lowest BCUT2D eigenvalue weighted by atomic mass is 10.2. The Labute approximate surface area is 170 Å². The van der Waals surface area contributed by atoms with Crippen LogP contribution in [-0.2, 0) is 17.9 Å². The van der Waals surface area contributed by atoms with Gasteiger partial charge in [0.05, 0.1) is 18.3 Å². The van der Waals surface area contributed by atoms with Crippen molar-refractivity contribution in [2.45, 2.75) is 20.1 Å². The van der Waals surface area contributed by atoms with E-state index in [9.17, 15) is 14.0 Å². The Hall–Kier alpha value is -3.32. The number of aryl methyl sites for hydroxylation is 1. The van der Waals surface area contributed by atoms with E-state index in [1.807, 2.05) is 30.3 Å². The van der Waals surface area contributed by atoms with Crippen LogP contribution in [0.15, 0.2) is 65.7 Å². The maximum atomic E-state index is 13.1. The van der Waals surface area contributed by atoms with Crippen LogP contribution >= 0.6 is 11.3 Å². The Morgan fingerprint density at radius 3 is 2.55 bits per heavy atom. The zero-order valence-corrected chi connectivity index (χ0v) is 16.4. The summed E-state index contributed by atoms with van der Waals surface area (Å²) in [5.74, 6) is -0.805. The molecule has 0 aliphatic heterocycles. The van der Waals surface area contributed by atoms with Crippen LogP contribution in [0, 0.1) is 12.7 Å². The van der Waals surface area contributed by atoms with Crippen molar-refractivity contribution >= 4 is 27.5 Å². The molecule has 0 saturated carbocycles. The van der Waals surface area contributed by atoms with Crippen LogP contribution in [0.1, 0.15) is 26.4 Å². The van der Waals surface area contributed by atoms with Gasteiger partial charge in [0.1, 0.15) is 22.1 Å². The quantitative estimate of drug-likeness (QED) is 0.462. The number of aromatic nitrogens is 2. The van der Waals surface area contributed by atoms with E-state index in [2.05, 4.69) is 4.98 Å². The summed E-state index contributed by atoms with van der Waals surface area (Å²) in [4.78, 5) is 30.7. The first-order valence-electron chi connectivity index (χ1n) is 8.97. The van der Waals surface area contributed by atoms with Crippen LogP contribution < -0.4 is 5.56 Å². The summed E-state index contributed by atoms with van der Waals surface area (Å²) in [6.07, 6.45) is 1.45. The number of esters is 1. The Kier molecular flexibility index (Phi) is 5.22. The predicted octanol–water partition coefficient (Wildman–Crippen LogP) is 4.31. The van der Waals surface area contributed by atoms with Gasteiger partial charge < -0.3 is 4.74 Å². The molecule has 0 fully saturated rings. The number of fused-ring (bicyclic) bond motifs is 1. The molecule has 0 bridgehead atoms. The fourth-order valence-electron chi connectivity index (χ4n) is 3.04. The molecule has 146 valence electrons. The number of thiophene rings is 1. The highest BCUT2D eigenvalue weighted by Gasteiger charge is 2.20. The van der Waals surface area contributed by atoms with E-state index in [1.54, 1.807) is 19.1 Å². The van der Waals surface area contributed by atoms with Crippen molar-refractivity contribution < 1.29 is 13.9 Å². The van der Waals surface area contributed by atoms with Crippen molar-refractivity contribution in [2.75, 3.05) is 0 Å². The van der Waals surface area contributed by atoms with Gasteiger partial charge in [-0.3, -0.25) is 9.36 Å². The maximum Gasteiger partial charge on any atom is 0.349 e. The van der Waals surface area contributed by atoms with Crippen LogP contribution in [-0.4, -0.2) is 15.5 Å². The van der Waals surface area contributed by atoms with Crippen molar-refractivity contribution in [3.8, 4) is 0 Å². The lowest BCUT2D eigenvalue weighted by Gasteiger charge is -2.06. The minimum absolute atomic E-state index is 0.162. The minimum atomic E-state index is -0.473. The maximum absolute atomic E-state index is 13.1. The lowest BCUT2D eigenvalue weighted by Crippen LogP contribution is -2.21. The van der Waals surface area contributed by atoms with Crippen molar-refractivity contribution in [1.82, 2.24) is 9.55 Å². The molecule has 7 heteroatoms. The molecule has 0 amide bonds. The van der Waals surface area contributed by atoms with E-state index in [4.69, 9.17) is 4.74 Å². The summed E-state index contributed by atoms with van der Waals surface area (Å²) >= 11 is 1.15. The number of halogens is 1. The number of carbonyl (C=O) groups is 1. The molecule has 0 aliphatic rings. The predicted molar refractivity (Wildman–Crippen MR) is 110 cm³/mol. The monoisotopic (exact) mass is 408 g/mol.